The van der Waals surface area contributed by atoms with Crippen LogP contribution in [-0.2, 0) is 21.4 Å². The van der Waals surface area contributed by atoms with Crippen molar-refractivity contribution >= 4 is 27.5 Å². The zero-order valence-electron chi connectivity index (χ0n) is 18.6. The molecule has 8 nitrogen and oxygen atoms in total. The summed E-state index contributed by atoms with van der Waals surface area (Å²) >= 11 is 0. The van der Waals surface area contributed by atoms with Crippen molar-refractivity contribution in [1.82, 2.24) is 15.2 Å². The molecule has 0 bridgehead atoms. The van der Waals surface area contributed by atoms with Gasteiger partial charge in [0.05, 0.1) is 4.90 Å². The van der Waals surface area contributed by atoms with Crippen LogP contribution < -0.4 is 10.0 Å². The van der Waals surface area contributed by atoms with E-state index in [1.807, 2.05) is 12.1 Å². The number of carbonyl (C=O) groups is 2. The van der Waals surface area contributed by atoms with Crippen LogP contribution in [0.25, 0.3) is 0 Å². The predicted octanol–water partition coefficient (Wildman–Crippen LogP) is 3.05. The van der Waals surface area contributed by atoms with Crippen LogP contribution in [-0.4, -0.2) is 43.2 Å². The molecule has 1 aliphatic rings. The molecule has 1 fully saturated rings. The van der Waals surface area contributed by atoms with Gasteiger partial charge in [0.15, 0.2) is 0 Å². The van der Waals surface area contributed by atoms with Crippen LogP contribution in [0, 0.1) is 5.92 Å². The number of hydrogen-bond acceptors (Lipinski definition) is 5. The molecule has 2 aromatic carbocycles. The van der Waals surface area contributed by atoms with Gasteiger partial charge >= 0.3 is 0 Å². The molecule has 1 aliphatic heterocycles. The molecule has 2 N–H and O–H groups in total. The lowest BCUT2D eigenvalue weighted by molar-refractivity contribution is -0.126. The standard InChI is InChI=1S/C25H26N4O4S/c30-24(27-18-19-5-4-14-26-17-19)20-12-15-29(16-13-20)25(31)21-8-10-22(11-9-21)28-34(32,33)23-6-2-1-3-7-23/h1-11,14,17,20,28H,12-13,15-16,18H2,(H,27,30). The van der Waals surface area contributed by atoms with Gasteiger partial charge in [0.2, 0.25) is 5.91 Å². The smallest absolute Gasteiger partial charge is 0.261 e. The summed E-state index contributed by atoms with van der Waals surface area (Å²) in [6.45, 7) is 1.42. The van der Waals surface area contributed by atoms with Gasteiger partial charge < -0.3 is 10.2 Å². The summed E-state index contributed by atoms with van der Waals surface area (Å²) in [5.41, 5.74) is 1.80. The summed E-state index contributed by atoms with van der Waals surface area (Å²) in [6.07, 6.45) is 4.60. The van der Waals surface area contributed by atoms with Gasteiger partial charge in [-0.3, -0.25) is 19.3 Å². The minimum Gasteiger partial charge on any atom is -0.352 e. The van der Waals surface area contributed by atoms with Crippen molar-refractivity contribution in [3.8, 4) is 0 Å². The fourth-order valence-corrected chi connectivity index (χ4v) is 4.94. The fourth-order valence-electron chi connectivity index (χ4n) is 3.86. The third-order valence-electron chi connectivity index (χ3n) is 5.78. The highest BCUT2D eigenvalue weighted by Crippen LogP contribution is 2.21. The third-order valence-corrected chi connectivity index (χ3v) is 7.18. The lowest BCUT2D eigenvalue weighted by atomic mass is 9.95. The van der Waals surface area contributed by atoms with E-state index < -0.39 is 10.0 Å². The number of carbonyl (C=O) groups excluding carboxylic acids is 2. The van der Waals surface area contributed by atoms with E-state index in [1.54, 1.807) is 59.8 Å². The molecular weight excluding hydrogens is 452 g/mol. The molecule has 0 unspecified atom stereocenters. The molecule has 2 heterocycles. The van der Waals surface area contributed by atoms with Gasteiger partial charge in [-0.2, -0.15) is 0 Å². The van der Waals surface area contributed by atoms with Crippen molar-refractivity contribution in [2.45, 2.75) is 24.3 Å². The van der Waals surface area contributed by atoms with Crippen LogP contribution in [0.15, 0.2) is 84.0 Å². The molecule has 2 amide bonds. The van der Waals surface area contributed by atoms with Gasteiger partial charge in [-0.25, -0.2) is 8.42 Å². The number of nitrogens with zero attached hydrogens (tertiary/aromatic N) is 2. The maximum absolute atomic E-state index is 12.9. The number of piperidine rings is 1. The number of sulfonamides is 1. The average Bonchev–Trinajstić information content (AvgIpc) is 2.88. The van der Waals surface area contributed by atoms with E-state index in [2.05, 4.69) is 15.0 Å². The fraction of sp³-hybridized carbons (Fsp3) is 0.240. The maximum Gasteiger partial charge on any atom is 0.261 e. The number of nitrogens with one attached hydrogen (secondary N) is 2. The molecule has 0 saturated carbocycles. The summed E-state index contributed by atoms with van der Waals surface area (Å²) in [5.74, 6) is -0.270. The van der Waals surface area contributed by atoms with E-state index in [0.717, 1.165) is 5.56 Å². The van der Waals surface area contributed by atoms with Crippen molar-refractivity contribution in [3.05, 3.63) is 90.3 Å². The first kappa shape index (κ1) is 23.4. The SMILES string of the molecule is O=C(NCc1cccnc1)C1CCN(C(=O)c2ccc(NS(=O)(=O)c3ccccc3)cc2)CC1. The van der Waals surface area contributed by atoms with Crippen molar-refractivity contribution in [2.24, 2.45) is 5.92 Å². The van der Waals surface area contributed by atoms with E-state index in [-0.39, 0.29) is 22.6 Å². The Morgan fingerprint density at radius 1 is 0.941 bits per heavy atom. The quantitative estimate of drug-likeness (QED) is 0.543. The monoisotopic (exact) mass is 478 g/mol. The Kier molecular flexibility index (Phi) is 7.22. The largest absolute Gasteiger partial charge is 0.352 e. The van der Waals surface area contributed by atoms with Crippen molar-refractivity contribution < 1.29 is 18.0 Å². The number of benzene rings is 2. The molecular formula is C25H26N4O4S. The van der Waals surface area contributed by atoms with Gasteiger partial charge in [-0.05, 0) is 60.9 Å². The number of likely N-dealkylation sites (tertiary alicyclic amines) is 1. The normalized spacial score (nSPS) is 14.4. The highest BCUT2D eigenvalue weighted by molar-refractivity contribution is 7.92. The minimum absolute atomic E-state index is 0.00833. The lowest BCUT2D eigenvalue weighted by Gasteiger charge is -2.31. The van der Waals surface area contributed by atoms with Crippen LogP contribution in [0.1, 0.15) is 28.8 Å². The summed E-state index contributed by atoms with van der Waals surface area (Å²) in [7, 11) is -3.69. The second kappa shape index (κ2) is 10.5. The summed E-state index contributed by atoms with van der Waals surface area (Å²) < 4.78 is 27.4. The Hall–Kier alpha value is -3.72. The van der Waals surface area contributed by atoms with Gasteiger partial charge in [0.25, 0.3) is 15.9 Å². The number of aromatic nitrogens is 1. The van der Waals surface area contributed by atoms with Crippen LogP contribution in [0.3, 0.4) is 0 Å². The first-order valence-corrected chi connectivity index (χ1v) is 12.5. The topological polar surface area (TPSA) is 108 Å². The summed E-state index contributed by atoms with van der Waals surface area (Å²) in [4.78, 5) is 31.3. The first-order chi connectivity index (χ1) is 16.4. The average molecular weight is 479 g/mol. The van der Waals surface area contributed by atoms with Crippen molar-refractivity contribution in [1.29, 1.82) is 0 Å². The van der Waals surface area contributed by atoms with E-state index in [9.17, 15) is 18.0 Å². The molecule has 0 aliphatic carbocycles. The Balaban J connectivity index is 1.29. The lowest BCUT2D eigenvalue weighted by Crippen LogP contribution is -2.42. The van der Waals surface area contributed by atoms with Crippen LogP contribution in [0.4, 0.5) is 5.69 Å². The molecule has 176 valence electrons. The van der Waals surface area contributed by atoms with Gasteiger partial charge in [0, 0.05) is 49.2 Å². The Labute approximate surface area is 199 Å². The molecule has 4 rings (SSSR count). The number of pyridine rings is 1. The molecule has 9 heteroatoms. The Morgan fingerprint density at radius 3 is 2.29 bits per heavy atom. The maximum atomic E-state index is 12.9. The van der Waals surface area contributed by atoms with E-state index in [4.69, 9.17) is 0 Å². The van der Waals surface area contributed by atoms with E-state index in [1.165, 1.54) is 12.1 Å². The number of rotatable bonds is 7. The predicted molar refractivity (Wildman–Crippen MR) is 128 cm³/mol. The molecule has 0 spiro atoms. The third kappa shape index (κ3) is 5.79. The molecule has 3 aromatic rings. The number of hydrogen-bond donors (Lipinski definition) is 2. The van der Waals surface area contributed by atoms with Crippen molar-refractivity contribution in [2.75, 3.05) is 17.8 Å². The second-order valence-corrected chi connectivity index (χ2v) is 9.82. The molecule has 1 saturated heterocycles. The van der Waals surface area contributed by atoms with Gasteiger partial charge in [-0.15, -0.1) is 0 Å². The zero-order valence-corrected chi connectivity index (χ0v) is 19.4. The molecule has 0 atom stereocenters. The van der Waals surface area contributed by atoms with Gasteiger partial charge in [0.1, 0.15) is 0 Å². The first-order valence-electron chi connectivity index (χ1n) is 11.1. The van der Waals surface area contributed by atoms with E-state index in [0.29, 0.717) is 43.7 Å². The second-order valence-electron chi connectivity index (χ2n) is 8.14. The van der Waals surface area contributed by atoms with Crippen molar-refractivity contribution in [3.63, 3.8) is 0 Å². The highest BCUT2D eigenvalue weighted by atomic mass is 32.2. The van der Waals surface area contributed by atoms with Crippen LogP contribution in [0.5, 0.6) is 0 Å². The Morgan fingerprint density at radius 2 is 1.65 bits per heavy atom. The summed E-state index contributed by atoms with van der Waals surface area (Å²) in [6, 6.07) is 18.2. The van der Waals surface area contributed by atoms with Crippen LogP contribution >= 0.6 is 0 Å². The van der Waals surface area contributed by atoms with Crippen LogP contribution in [0.2, 0.25) is 0 Å². The number of anilines is 1. The highest BCUT2D eigenvalue weighted by Gasteiger charge is 2.27. The number of amides is 2. The zero-order chi connectivity index (χ0) is 24.0. The minimum atomic E-state index is -3.69. The van der Waals surface area contributed by atoms with E-state index >= 15 is 0 Å². The summed E-state index contributed by atoms with van der Waals surface area (Å²) in [5, 5.41) is 2.94. The molecule has 0 radical (unpaired) electrons. The molecule has 1 aromatic heterocycles. The molecule has 34 heavy (non-hydrogen) atoms. The van der Waals surface area contributed by atoms with Gasteiger partial charge in [-0.1, -0.05) is 24.3 Å². The Bertz CT molecular complexity index is 1220.